The lowest BCUT2D eigenvalue weighted by molar-refractivity contribution is 0.0608. The van der Waals surface area contributed by atoms with Gasteiger partial charge in [-0.3, -0.25) is 4.98 Å². The molecule has 7 heteroatoms. The lowest BCUT2D eigenvalue weighted by atomic mass is 9.81. The van der Waals surface area contributed by atoms with E-state index in [9.17, 15) is 14.6 Å². The van der Waals surface area contributed by atoms with Crippen LogP contribution in [-0.4, -0.2) is 59.2 Å². The number of pyridine rings is 1. The van der Waals surface area contributed by atoms with Crippen molar-refractivity contribution in [3.05, 3.63) is 66.1 Å². The molecule has 34 heavy (non-hydrogen) atoms. The van der Waals surface area contributed by atoms with E-state index in [1.54, 1.807) is 37.2 Å². The first-order chi connectivity index (χ1) is 16.6. The van der Waals surface area contributed by atoms with Gasteiger partial charge in [-0.1, -0.05) is 6.07 Å². The molecule has 0 aliphatic carbocycles. The molecule has 2 N–H and O–H groups in total. The Hall–Kier alpha value is -2.19. The van der Waals surface area contributed by atoms with Crippen molar-refractivity contribution in [1.29, 1.82) is 0 Å². The number of likely N-dealkylation sites (tertiary alicyclic amines) is 1. The number of aliphatic hydroxyl groups excluding tert-OH is 2. The van der Waals surface area contributed by atoms with Gasteiger partial charge in [-0.2, -0.15) is 0 Å². The van der Waals surface area contributed by atoms with Crippen LogP contribution in [0.4, 0.5) is 4.39 Å². The first kappa shape index (κ1) is 24.9. The number of benzene rings is 2. The summed E-state index contributed by atoms with van der Waals surface area (Å²) in [5.41, 5.74) is 1.71. The molecule has 1 aromatic heterocycles. The van der Waals surface area contributed by atoms with Gasteiger partial charge in [0.15, 0.2) is 0 Å². The summed E-state index contributed by atoms with van der Waals surface area (Å²) >= 11 is 1.66. The summed E-state index contributed by atoms with van der Waals surface area (Å²) in [7, 11) is 1.63. The van der Waals surface area contributed by atoms with Gasteiger partial charge in [0, 0.05) is 41.9 Å². The Bertz CT molecular complexity index is 1080. The highest BCUT2D eigenvalue weighted by Gasteiger charge is 2.29. The van der Waals surface area contributed by atoms with E-state index in [2.05, 4.69) is 9.88 Å². The van der Waals surface area contributed by atoms with Crippen molar-refractivity contribution < 1.29 is 19.3 Å². The summed E-state index contributed by atoms with van der Waals surface area (Å²) in [5, 5.41) is 21.9. The van der Waals surface area contributed by atoms with Gasteiger partial charge in [-0.15, -0.1) is 11.8 Å². The highest BCUT2D eigenvalue weighted by molar-refractivity contribution is 7.99. The molecule has 2 heterocycles. The first-order valence-corrected chi connectivity index (χ1v) is 12.9. The fourth-order valence-corrected chi connectivity index (χ4v) is 5.84. The minimum Gasteiger partial charge on any atom is -0.497 e. The van der Waals surface area contributed by atoms with Crippen molar-refractivity contribution in [3.8, 4) is 5.75 Å². The predicted octanol–water partition coefficient (Wildman–Crippen LogP) is 4.92. The third-order valence-corrected chi connectivity index (χ3v) is 7.81. The molecule has 1 saturated heterocycles. The summed E-state index contributed by atoms with van der Waals surface area (Å²) in [6.07, 6.45) is 3.68. The number of fused-ring (bicyclic) bond motifs is 1. The zero-order valence-electron chi connectivity index (χ0n) is 19.6. The van der Waals surface area contributed by atoms with Crippen LogP contribution in [0.2, 0.25) is 0 Å². The van der Waals surface area contributed by atoms with Gasteiger partial charge in [0.2, 0.25) is 0 Å². The van der Waals surface area contributed by atoms with Crippen molar-refractivity contribution in [2.45, 2.75) is 30.3 Å². The van der Waals surface area contributed by atoms with E-state index >= 15 is 0 Å². The molecule has 3 aromatic rings. The molecule has 0 saturated carbocycles. The average molecular weight is 485 g/mol. The Labute approximate surface area is 205 Å². The van der Waals surface area contributed by atoms with E-state index in [1.165, 1.54) is 6.07 Å². The first-order valence-electron chi connectivity index (χ1n) is 11.9. The number of ether oxygens (including phenoxy) is 1. The molecule has 0 amide bonds. The average Bonchev–Trinajstić information content (AvgIpc) is 2.87. The quantitative estimate of drug-likeness (QED) is 0.398. The molecular weight excluding hydrogens is 451 g/mol. The standard InChI is InChI=1S/C27H33FN2O3S/c1-33-22-6-7-26-25(16-22)24(9-11-29-26)27(32)8-5-19-10-12-30(17-20(19)18-31)13-14-34-23-4-2-3-21(28)15-23/h2-4,6-7,9,11,15-16,19-20,27,31-32H,5,8,10,12-14,17-18H2,1H3/t19-,20-,27+/m1/s1. The highest BCUT2D eigenvalue weighted by atomic mass is 32.2. The van der Waals surface area contributed by atoms with Gasteiger partial charge in [0.25, 0.3) is 0 Å². The largest absolute Gasteiger partial charge is 0.497 e. The number of halogens is 1. The van der Waals surface area contributed by atoms with Crippen LogP contribution in [0.1, 0.15) is 30.9 Å². The minimum atomic E-state index is -0.586. The fourth-order valence-electron chi connectivity index (χ4n) is 4.89. The zero-order chi connectivity index (χ0) is 23.9. The Balaban J connectivity index is 1.29. The molecular formula is C27H33FN2O3S. The number of nitrogens with zero attached hydrogens (tertiary/aromatic N) is 2. The summed E-state index contributed by atoms with van der Waals surface area (Å²) in [5.74, 6) is 2.03. The second-order valence-corrected chi connectivity index (χ2v) is 10.1. The highest BCUT2D eigenvalue weighted by Crippen LogP contribution is 2.33. The molecule has 0 radical (unpaired) electrons. The Morgan fingerprint density at radius 3 is 2.88 bits per heavy atom. The molecule has 0 unspecified atom stereocenters. The van der Waals surface area contributed by atoms with E-state index in [0.29, 0.717) is 12.3 Å². The van der Waals surface area contributed by atoms with Crippen LogP contribution in [0, 0.1) is 17.7 Å². The molecule has 1 fully saturated rings. The molecule has 3 atom stereocenters. The van der Waals surface area contributed by atoms with Crippen molar-refractivity contribution >= 4 is 22.7 Å². The molecule has 0 spiro atoms. The van der Waals surface area contributed by atoms with E-state index in [0.717, 1.165) is 65.3 Å². The lowest BCUT2D eigenvalue weighted by Crippen LogP contribution is -2.43. The number of hydrogen-bond acceptors (Lipinski definition) is 6. The second kappa shape index (κ2) is 12.0. The number of aromatic nitrogens is 1. The number of rotatable bonds is 10. The van der Waals surface area contributed by atoms with Crippen LogP contribution in [0.3, 0.4) is 0 Å². The fraction of sp³-hybridized carbons (Fsp3) is 0.444. The summed E-state index contributed by atoms with van der Waals surface area (Å²) in [4.78, 5) is 7.75. The van der Waals surface area contributed by atoms with Gasteiger partial charge in [-0.05, 0) is 85.7 Å². The van der Waals surface area contributed by atoms with Crippen LogP contribution in [-0.2, 0) is 0 Å². The number of methoxy groups -OCH3 is 1. The smallest absolute Gasteiger partial charge is 0.124 e. The Kier molecular flexibility index (Phi) is 8.78. The van der Waals surface area contributed by atoms with Gasteiger partial charge in [0.05, 0.1) is 18.7 Å². The molecule has 0 bridgehead atoms. The summed E-state index contributed by atoms with van der Waals surface area (Å²) in [6.45, 7) is 2.91. The SMILES string of the molecule is COc1ccc2nccc([C@@H](O)CC[C@@H]3CCN(CCSc4cccc(F)c4)C[C@@H]3CO)c2c1. The van der Waals surface area contributed by atoms with Crippen LogP contribution >= 0.6 is 11.8 Å². The molecule has 5 nitrogen and oxygen atoms in total. The maximum Gasteiger partial charge on any atom is 0.124 e. The van der Waals surface area contributed by atoms with E-state index in [4.69, 9.17) is 4.74 Å². The Morgan fingerprint density at radius 1 is 1.21 bits per heavy atom. The molecule has 4 rings (SSSR count). The monoisotopic (exact) mass is 484 g/mol. The third kappa shape index (κ3) is 6.27. The predicted molar refractivity (Wildman–Crippen MR) is 135 cm³/mol. The van der Waals surface area contributed by atoms with E-state index in [1.807, 2.05) is 30.3 Å². The minimum absolute atomic E-state index is 0.156. The van der Waals surface area contributed by atoms with Crippen molar-refractivity contribution in [2.75, 3.05) is 39.1 Å². The molecule has 1 aliphatic rings. The van der Waals surface area contributed by atoms with Crippen molar-refractivity contribution in [3.63, 3.8) is 0 Å². The maximum absolute atomic E-state index is 13.4. The van der Waals surface area contributed by atoms with Gasteiger partial charge < -0.3 is 19.8 Å². The summed E-state index contributed by atoms with van der Waals surface area (Å²) in [6, 6.07) is 14.3. The van der Waals surface area contributed by atoms with Gasteiger partial charge in [0.1, 0.15) is 11.6 Å². The Morgan fingerprint density at radius 2 is 2.09 bits per heavy atom. The van der Waals surface area contributed by atoms with Crippen LogP contribution in [0.25, 0.3) is 10.9 Å². The zero-order valence-corrected chi connectivity index (χ0v) is 20.4. The van der Waals surface area contributed by atoms with Crippen LogP contribution in [0.5, 0.6) is 5.75 Å². The number of hydrogen-bond donors (Lipinski definition) is 2. The van der Waals surface area contributed by atoms with Crippen molar-refractivity contribution in [2.24, 2.45) is 11.8 Å². The number of aliphatic hydroxyl groups is 2. The van der Waals surface area contributed by atoms with Crippen molar-refractivity contribution in [1.82, 2.24) is 9.88 Å². The lowest BCUT2D eigenvalue weighted by Gasteiger charge is -2.38. The maximum atomic E-state index is 13.4. The van der Waals surface area contributed by atoms with E-state index < -0.39 is 6.10 Å². The molecule has 182 valence electrons. The summed E-state index contributed by atoms with van der Waals surface area (Å²) < 4.78 is 18.7. The van der Waals surface area contributed by atoms with E-state index in [-0.39, 0.29) is 18.3 Å². The topological polar surface area (TPSA) is 65.8 Å². The molecule has 2 aromatic carbocycles. The van der Waals surface area contributed by atoms with Gasteiger partial charge in [-0.25, -0.2) is 4.39 Å². The molecule has 1 aliphatic heterocycles. The van der Waals surface area contributed by atoms with Crippen LogP contribution < -0.4 is 4.74 Å². The normalized spacial score (nSPS) is 19.9. The van der Waals surface area contributed by atoms with Gasteiger partial charge >= 0.3 is 0 Å². The number of piperidine rings is 1. The third-order valence-electron chi connectivity index (χ3n) is 6.83. The number of thioether (sulfide) groups is 1. The van der Waals surface area contributed by atoms with Crippen LogP contribution in [0.15, 0.2) is 59.6 Å². The second-order valence-electron chi connectivity index (χ2n) is 8.97.